The maximum atomic E-state index is 14.9. The van der Waals surface area contributed by atoms with E-state index in [4.69, 9.17) is 18.9 Å². The second kappa shape index (κ2) is 17.2. The quantitative estimate of drug-likeness (QED) is 0.171. The number of ether oxygens (including phenoxy) is 4. The molecule has 0 aromatic heterocycles. The number of benzene rings is 1. The van der Waals surface area contributed by atoms with Crippen molar-refractivity contribution in [1.82, 2.24) is 5.32 Å². The molecule has 4 N–H and O–H groups in total. The largest absolute Gasteiger partial charge is 0.457 e. The van der Waals surface area contributed by atoms with Crippen LogP contribution in [0.4, 0.5) is 0 Å². The predicted octanol–water partition coefficient (Wildman–Crippen LogP) is 3.15. The summed E-state index contributed by atoms with van der Waals surface area (Å²) in [7, 11) is 1.42. The summed E-state index contributed by atoms with van der Waals surface area (Å²) < 4.78 is 24.1. The van der Waals surface area contributed by atoms with Crippen molar-refractivity contribution in [1.29, 1.82) is 0 Å². The molecule has 11 atom stereocenters. The van der Waals surface area contributed by atoms with Crippen LogP contribution in [0.3, 0.4) is 0 Å². The van der Waals surface area contributed by atoms with E-state index in [2.05, 4.69) is 5.32 Å². The van der Waals surface area contributed by atoms with Crippen LogP contribution in [-0.2, 0) is 33.3 Å². The molecule has 2 bridgehead atoms. The Kier molecular flexibility index (Phi) is 16.5. The molecule has 51 heavy (non-hydrogen) atoms. The van der Waals surface area contributed by atoms with Crippen molar-refractivity contribution in [3.63, 3.8) is 0 Å². The molecule has 8 unspecified atom stereocenters. The minimum atomic E-state index is -2.14. The monoisotopic (exact) mass is 1140 g/mol. The topological polar surface area (TPSA) is 178 Å². The van der Waals surface area contributed by atoms with E-state index < -0.39 is 87.6 Å². The van der Waals surface area contributed by atoms with Crippen LogP contribution in [0.25, 0.3) is 0 Å². The van der Waals surface area contributed by atoms with Crippen LogP contribution < -0.4 is 5.32 Å². The van der Waals surface area contributed by atoms with Crippen molar-refractivity contribution in [2.24, 2.45) is 22.2 Å². The smallest absolute Gasteiger partial charge is 0.338 e. The summed E-state index contributed by atoms with van der Waals surface area (Å²) in [5.74, 6) is -2.98. The molecule has 1 amide bonds. The molecular weight excluding hydrogens is 1090 g/mol. The number of ketones is 1. The number of hydrogen-bond donors (Lipinski definition) is 4. The standard InChI is InChI=1S/C35H47NO11.2CH4.2Ac/c1-18(20(3)36-17-37)28(40)46-22-15-34(42)30(47-29(41)21-12-10-9-11-13-21)33(7)32(6,23(44-8)14-24-35(33,43)16-45-24)27(39)26(38)25(19(22)2)31(34,4)5;;;;/h9-13,17-18,20,22-24,26,30,38,42-43H,14-16H2,1-8H3,(H,36,37);2*1H4;;/t18-,20?,22?,23?,24?,26?,30?,32+,33?,34?,35+;;;;/m1..../s1. The molecule has 1 aromatic carbocycles. The minimum Gasteiger partial charge on any atom is -0.457 e. The number of aliphatic hydroxyl groups is 3. The van der Waals surface area contributed by atoms with Gasteiger partial charge >= 0.3 is 11.9 Å². The summed E-state index contributed by atoms with van der Waals surface area (Å²) in [6.07, 6.45) is -6.04. The molecule has 280 valence electrons. The van der Waals surface area contributed by atoms with Crippen LogP contribution >= 0.6 is 0 Å². The van der Waals surface area contributed by atoms with Gasteiger partial charge in [0.25, 0.3) is 0 Å². The molecule has 1 heterocycles. The average molecular weight is 1140 g/mol. The Morgan fingerprint density at radius 1 is 1.02 bits per heavy atom. The molecule has 2 saturated carbocycles. The fourth-order valence-corrected chi connectivity index (χ4v) is 8.84. The number of amides is 1. The summed E-state index contributed by atoms with van der Waals surface area (Å²) >= 11 is 0. The van der Waals surface area contributed by atoms with Gasteiger partial charge in [-0.2, -0.15) is 0 Å². The Hall–Kier alpha value is -0.277. The van der Waals surface area contributed by atoms with E-state index in [1.54, 1.807) is 78.8 Å². The Balaban J connectivity index is 0.00000325. The molecule has 1 saturated heterocycles. The number of nitrogens with one attached hydrogen (secondary N) is 1. The third-order valence-corrected chi connectivity index (χ3v) is 12.5. The predicted molar refractivity (Wildman–Crippen MR) is 180 cm³/mol. The first-order valence-electron chi connectivity index (χ1n) is 16.1. The fourth-order valence-electron chi connectivity index (χ4n) is 8.84. The van der Waals surface area contributed by atoms with Crippen LogP contribution in [0.2, 0.25) is 0 Å². The van der Waals surface area contributed by atoms with E-state index in [9.17, 15) is 34.5 Å². The fraction of sp³-hybridized carbons (Fsp3) is 0.676. The first-order valence-corrected chi connectivity index (χ1v) is 16.1. The van der Waals surface area contributed by atoms with Gasteiger partial charge in [0.2, 0.25) is 6.41 Å². The maximum absolute atomic E-state index is 14.9. The van der Waals surface area contributed by atoms with Crippen LogP contribution in [0, 0.1) is 110 Å². The van der Waals surface area contributed by atoms with Gasteiger partial charge in [-0.25, -0.2) is 4.79 Å². The van der Waals surface area contributed by atoms with Gasteiger partial charge in [-0.1, -0.05) is 53.8 Å². The molecule has 12 nitrogen and oxygen atoms in total. The van der Waals surface area contributed by atoms with E-state index in [0.29, 0.717) is 12.0 Å². The van der Waals surface area contributed by atoms with Crippen molar-refractivity contribution in [2.75, 3.05) is 13.7 Å². The Bertz CT molecular complexity index is 1490. The third-order valence-electron chi connectivity index (χ3n) is 12.5. The van der Waals surface area contributed by atoms with Gasteiger partial charge in [-0.05, 0) is 51.0 Å². The Labute approximate surface area is 373 Å². The van der Waals surface area contributed by atoms with E-state index in [0.717, 1.165) is 0 Å². The van der Waals surface area contributed by atoms with Crippen molar-refractivity contribution in [2.45, 2.75) is 124 Å². The van der Waals surface area contributed by atoms with E-state index in [1.807, 2.05) is 0 Å². The normalized spacial score (nSPS) is 37.2. The molecule has 0 spiro atoms. The molecule has 2 radical (unpaired) electrons. The molecule has 4 aliphatic rings. The number of hydrogen-bond acceptors (Lipinski definition) is 11. The first-order chi connectivity index (χ1) is 21.9. The average Bonchev–Trinajstić information content (AvgIpc) is 3.03. The summed E-state index contributed by atoms with van der Waals surface area (Å²) in [6.45, 7) is 11.1. The van der Waals surface area contributed by atoms with Gasteiger partial charge in [-0.3, -0.25) is 14.4 Å². The number of carbonyl (C=O) groups is 4. The number of esters is 2. The third kappa shape index (κ3) is 7.05. The number of rotatable bonds is 8. The maximum Gasteiger partial charge on any atom is 0.338 e. The van der Waals surface area contributed by atoms with Crippen molar-refractivity contribution >= 4 is 24.1 Å². The Morgan fingerprint density at radius 2 is 1.61 bits per heavy atom. The number of methoxy groups -OCH3 is 1. The van der Waals surface area contributed by atoms with Gasteiger partial charge in [0.15, 0.2) is 5.78 Å². The van der Waals surface area contributed by atoms with Crippen LogP contribution in [0.15, 0.2) is 41.5 Å². The SMILES string of the molecule is C.C.COC1CC2OC[C@@]2(O)C2(C)C(OC(=O)c3ccccc3)C3(O)CC(OC(=O)[C@H](C)C(C)NC=O)C(C)=C(C(O)C(=O)[C@]12C)C3(C)C.[Ac].[Ac]. The van der Waals surface area contributed by atoms with Crippen LogP contribution in [0.1, 0.15) is 86.5 Å². The van der Waals surface area contributed by atoms with Crippen molar-refractivity contribution in [3.8, 4) is 0 Å². The zero-order valence-electron chi connectivity index (χ0n) is 29.4. The van der Waals surface area contributed by atoms with Crippen molar-refractivity contribution in [3.05, 3.63) is 47.0 Å². The van der Waals surface area contributed by atoms with Gasteiger partial charge in [0, 0.05) is 120 Å². The molecule has 3 aliphatic carbocycles. The van der Waals surface area contributed by atoms with Gasteiger partial charge in [0.1, 0.15) is 29.5 Å². The first kappa shape index (κ1) is 48.7. The number of carbonyl (C=O) groups excluding carboxylic acids is 4. The minimum absolute atomic E-state index is 0. The number of aliphatic hydroxyl groups excluding tert-OH is 1. The number of Topliss-reactive ketones (excluding diaryl/α,β-unsaturated/α-hetero) is 1. The Morgan fingerprint density at radius 3 is 2.12 bits per heavy atom. The molecule has 1 aromatic rings. The zero-order valence-corrected chi connectivity index (χ0v) is 38.9. The van der Waals surface area contributed by atoms with Gasteiger partial charge in [0.05, 0.1) is 41.1 Å². The van der Waals surface area contributed by atoms with E-state index in [1.165, 1.54) is 7.11 Å². The molecule has 1 aliphatic heterocycles. The second-order valence-corrected chi connectivity index (χ2v) is 14.6. The van der Waals surface area contributed by atoms with Gasteiger partial charge < -0.3 is 39.6 Å². The van der Waals surface area contributed by atoms with Crippen molar-refractivity contribution < 1.29 is 142 Å². The summed E-state index contributed by atoms with van der Waals surface area (Å²) in [5, 5.41) is 40.4. The summed E-state index contributed by atoms with van der Waals surface area (Å²) in [6, 6.07) is 7.58. The summed E-state index contributed by atoms with van der Waals surface area (Å²) in [4.78, 5) is 53.3. The van der Waals surface area contributed by atoms with Gasteiger partial charge in [-0.15, -0.1) is 0 Å². The van der Waals surface area contributed by atoms with E-state index >= 15 is 0 Å². The number of fused-ring (bicyclic) bond motifs is 5. The van der Waals surface area contributed by atoms with Crippen LogP contribution in [-0.4, -0.2) is 101 Å². The van der Waals surface area contributed by atoms with Crippen LogP contribution in [0.5, 0.6) is 0 Å². The van der Waals surface area contributed by atoms with E-state index in [-0.39, 0.29) is 134 Å². The molecule has 3 fully saturated rings. The zero-order chi connectivity index (χ0) is 34.9. The summed E-state index contributed by atoms with van der Waals surface area (Å²) in [5.41, 5.74) is -8.27. The molecule has 14 heteroatoms. The second-order valence-electron chi connectivity index (χ2n) is 14.6. The molecule has 5 rings (SSSR count). The molecular formula is C37H55Ac2NO11.